The summed E-state index contributed by atoms with van der Waals surface area (Å²) in [7, 11) is -0.606. The lowest BCUT2D eigenvalue weighted by atomic mass is 9.78. The van der Waals surface area contributed by atoms with Crippen LogP contribution in [0.2, 0.25) is 0 Å². The van der Waals surface area contributed by atoms with Gasteiger partial charge >= 0.3 is 7.12 Å². The molecule has 1 aliphatic heterocycles. The molecule has 6 aromatic carbocycles. The van der Waals surface area contributed by atoms with E-state index in [0.29, 0.717) is 17.5 Å². The van der Waals surface area contributed by atoms with E-state index in [1.54, 1.807) is 0 Å². The molecule has 0 unspecified atom stereocenters. The highest BCUT2D eigenvalue weighted by molar-refractivity contribution is 6.62. The minimum absolute atomic E-state index is 0.521. The van der Waals surface area contributed by atoms with Gasteiger partial charge in [0.1, 0.15) is 11.2 Å². The Labute approximate surface area is 307 Å². The van der Waals surface area contributed by atoms with Crippen LogP contribution in [0.15, 0.2) is 144 Å². The molecule has 3 aromatic heterocycles. The van der Waals surface area contributed by atoms with E-state index in [1.807, 2.05) is 60.7 Å². The Morgan fingerprint density at radius 3 is 1.77 bits per heavy atom. The summed E-state index contributed by atoms with van der Waals surface area (Å²) in [4.78, 5) is 15.4. The van der Waals surface area contributed by atoms with Gasteiger partial charge in [-0.2, -0.15) is 0 Å². The van der Waals surface area contributed by atoms with E-state index < -0.39 is 18.3 Å². The molecule has 0 spiro atoms. The number of aromatic nitrogens is 4. The van der Waals surface area contributed by atoms with Gasteiger partial charge in [-0.3, -0.25) is 0 Å². The molecule has 9 aromatic rings. The third kappa shape index (κ3) is 5.09. The minimum atomic E-state index is -0.606. The van der Waals surface area contributed by atoms with Crippen molar-refractivity contribution >= 4 is 56.3 Å². The van der Waals surface area contributed by atoms with Crippen LogP contribution in [-0.2, 0) is 9.31 Å². The average Bonchev–Trinajstić information content (AvgIpc) is 3.80. The van der Waals surface area contributed by atoms with Crippen molar-refractivity contribution in [2.45, 2.75) is 38.9 Å². The largest absolute Gasteiger partial charge is 0.494 e. The van der Waals surface area contributed by atoms with Crippen LogP contribution in [0, 0.1) is 0 Å². The highest BCUT2D eigenvalue weighted by Crippen LogP contribution is 2.39. The zero-order chi connectivity index (χ0) is 35.9. The summed E-state index contributed by atoms with van der Waals surface area (Å²) < 4.78 is 22.1. The van der Waals surface area contributed by atoms with Crippen molar-refractivity contribution in [3.8, 4) is 39.9 Å². The Hall–Kier alpha value is -6.09. The summed E-state index contributed by atoms with van der Waals surface area (Å²) in [5, 5.41) is 4.42. The molecule has 4 heterocycles. The first kappa shape index (κ1) is 31.6. The van der Waals surface area contributed by atoms with Crippen molar-refractivity contribution < 1.29 is 13.7 Å². The number of fused-ring (bicyclic) bond motifs is 6. The Bertz CT molecular complexity index is 2810. The maximum Gasteiger partial charge on any atom is 0.494 e. The summed E-state index contributed by atoms with van der Waals surface area (Å²) in [6.45, 7) is 8.31. The van der Waals surface area contributed by atoms with E-state index in [4.69, 9.17) is 28.7 Å². The fourth-order valence-electron chi connectivity index (χ4n) is 7.47. The second-order valence-corrected chi connectivity index (χ2v) is 14.7. The smallest absolute Gasteiger partial charge is 0.455 e. The van der Waals surface area contributed by atoms with E-state index in [-0.39, 0.29) is 0 Å². The van der Waals surface area contributed by atoms with Gasteiger partial charge < -0.3 is 18.3 Å². The van der Waals surface area contributed by atoms with Gasteiger partial charge in [-0.15, -0.1) is 0 Å². The van der Waals surface area contributed by atoms with Crippen molar-refractivity contribution in [2.75, 3.05) is 0 Å². The highest BCUT2D eigenvalue weighted by atomic mass is 16.7. The van der Waals surface area contributed by atoms with Gasteiger partial charge in [-0.25, -0.2) is 15.0 Å². The van der Waals surface area contributed by atoms with Crippen LogP contribution < -0.4 is 5.46 Å². The zero-order valence-corrected chi connectivity index (χ0v) is 29.9. The summed E-state index contributed by atoms with van der Waals surface area (Å²) in [5.41, 5.74) is 7.04. The molecule has 0 N–H and O–H groups in total. The van der Waals surface area contributed by atoms with Crippen LogP contribution in [0.1, 0.15) is 27.7 Å². The highest BCUT2D eigenvalue weighted by Gasteiger charge is 2.52. The molecule has 1 saturated heterocycles. The van der Waals surface area contributed by atoms with Crippen LogP contribution in [0.25, 0.3) is 83.6 Å². The molecule has 0 aliphatic carbocycles. The number of furan rings is 1. The number of benzene rings is 6. The van der Waals surface area contributed by atoms with Crippen molar-refractivity contribution in [1.29, 1.82) is 0 Å². The second-order valence-electron chi connectivity index (χ2n) is 14.7. The average molecular weight is 691 g/mol. The molecular weight excluding hydrogens is 655 g/mol. The molecule has 1 aliphatic rings. The van der Waals surface area contributed by atoms with Gasteiger partial charge in [0.25, 0.3) is 0 Å². The summed E-state index contributed by atoms with van der Waals surface area (Å²) in [5.74, 6) is 1.62. The van der Waals surface area contributed by atoms with Crippen molar-refractivity contribution in [1.82, 2.24) is 19.5 Å². The van der Waals surface area contributed by atoms with E-state index in [1.165, 1.54) is 10.8 Å². The number of hydrogen-bond acceptors (Lipinski definition) is 6. The first-order valence-electron chi connectivity index (χ1n) is 18.0. The summed E-state index contributed by atoms with van der Waals surface area (Å²) >= 11 is 0. The lowest BCUT2D eigenvalue weighted by molar-refractivity contribution is 0.00578. The fourth-order valence-corrected chi connectivity index (χ4v) is 7.47. The van der Waals surface area contributed by atoms with Crippen molar-refractivity contribution in [2.24, 2.45) is 0 Å². The van der Waals surface area contributed by atoms with Crippen LogP contribution in [-0.4, -0.2) is 37.8 Å². The van der Waals surface area contributed by atoms with Crippen LogP contribution in [0.5, 0.6) is 0 Å². The van der Waals surface area contributed by atoms with Gasteiger partial charge in [-0.05, 0) is 69.6 Å². The normalized spacial score (nSPS) is 15.3. The fraction of sp³-hybridized carbons (Fsp3) is 0.133. The predicted molar refractivity (Wildman–Crippen MR) is 213 cm³/mol. The van der Waals surface area contributed by atoms with Crippen LogP contribution >= 0.6 is 0 Å². The number of para-hydroxylation sites is 4. The van der Waals surface area contributed by atoms with Crippen molar-refractivity contribution in [3.63, 3.8) is 0 Å². The third-order valence-corrected chi connectivity index (χ3v) is 10.9. The van der Waals surface area contributed by atoms with E-state index >= 15 is 0 Å². The SMILES string of the molecule is CC1(C)OB(c2cc(-c3nc(-c4ccccc4)nc(-c4cccc5c4oc4ccccc45)n3)cc(-n3c4ccccc4c4ccccc43)c2)OC1(C)C. The molecular formula is C45H35BN4O3. The molecule has 0 saturated carbocycles. The quantitative estimate of drug-likeness (QED) is 0.167. The standard InChI is InChI=1S/C45H35BN4O3/c1-44(2)45(3,4)53-46(52-44)30-25-29(26-31(27-30)50-37-22-11-8-17-32(37)33-18-9-12-23-38(33)50)42-47-41(28-15-6-5-7-16-28)48-43(49-42)36-21-14-20-35-34-19-10-13-24-39(34)51-40(35)36/h5-27H,1-4H3. The Balaban J connectivity index is 1.24. The maximum atomic E-state index is 6.65. The van der Waals surface area contributed by atoms with Gasteiger partial charge in [0.2, 0.25) is 0 Å². The van der Waals surface area contributed by atoms with Gasteiger partial charge in [0.05, 0.1) is 27.8 Å². The second kappa shape index (κ2) is 11.7. The predicted octanol–water partition coefficient (Wildman–Crippen LogP) is 10.2. The van der Waals surface area contributed by atoms with Crippen molar-refractivity contribution in [3.05, 3.63) is 140 Å². The van der Waals surface area contributed by atoms with E-state index in [9.17, 15) is 0 Å². The molecule has 8 heteroatoms. The zero-order valence-electron chi connectivity index (χ0n) is 29.9. The van der Waals surface area contributed by atoms with E-state index in [2.05, 4.69) is 111 Å². The summed E-state index contributed by atoms with van der Waals surface area (Å²) in [6.07, 6.45) is 0. The number of nitrogens with zero attached hydrogens (tertiary/aromatic N) is 4. The number of hydrogen-bond donors (Lipinski definition) is 0. The first-order chi connectivity index (χ1) is 25.7. The van der Waals surface area contributed by atoms with E-state index in [0.717, 1.165) is 60.8 Å². The Morgan fingerprint density at radius 2 is 1.08 bits per heavy atom. The molecule has 0 radical (unpaired) electrons. The lowest BCUT2D eigenvalue weighted by Gasteiger charge is -2.32. The Kier molecular flexibility index (Phi) is 6.99. The molecule has 256 valence electrons. The van der Waals surface area contributed by atoms with Gasteiger partial charge in [0.15, 0.2) is 17.5 Å². The third-order valence-electron chi connectivity index (χ3n) is 10.9. The molecule has 0 atom stereocenters. The molecule has 10 rings (SSSR count). The monoisotopic (exact) mass is 690 g/mol. The molecule has 1 fully saturated rings. The van der Waals surface area contributed by atoms with Gasteiger partial charge in [0, 0.05) is 38.4 Å². The molecule has 0 bridgehead atoms. The topological polar surface area (TPSA) is 75.2 Å². The molecule has 7 nitrogen and oxygen atoms in total. The van der Waals surface area contributed by atoms with Crippen LogP contribution in [0.3, 0.4) is 0 Å². The minimum Gasteiger partial charge on any atom is -0.455 e. The molecule has 53 heavy (non-hydrogen) atoms. The van der Waals surface area contributed by atoms with Crippen LogP contribution in [0.4, 0.5) is 0 Å². The summed E-state index contributed by atoms with van der Waals surface area (Å²) in [6, 6.07) is 47.7. The Morgan fingerprint density at radius 1 is 0.509 bits per heavy atom. The first-order valence-corrected chi connectivity index (χ1v) is 18.0. The maximum absolute atomic E-state index is 6.65. The lowest BCUT2D eigenvalue weighted by Crippen LogP contribution is -2.41. The number of rotatable bonds is 5. The molecule has 0 amide bonds. The van der Waals surface area contributed by atoms with Gasteiger partial charge in [-0.1, -0.05) is 103 Å².